The van der Waals surface area contributed by atoms with Crippen molar-refractivity contribution < 1.29 is 19.4 Å². The molecule has 0 fully saturated rings. The Morgan fingerprint density at radius 1 is 1.43 bits per heavy atom. The van der Waals surface area contributed by atoms with Crippen LogP contribution < -0.4 is 0 Å². The molecule has 0 aromatic carbocycles. The van der Waals surface area contributed by atoms with E-state index in [-0.39, 0.29) is 25.1 Å². The van der Waals surface area contributed by atoms with Crippen LogP contribution in [0.4, 0.5) is 0 Å². The van der Waals surface area contributed by atoms with Crippen molar-refractivity contribution in [2.24, 2.45) is 0 Å². The van der Waals surface area contributed by atoms with Gasteiger partial charge in [-0.2, -0.15) is 0 Å². The summed E-state index contributed by atoms with van der Waals surface area (Å²) in [6, 6.07) is 1.41. The average Bonchev–Trinajstić information content (AvgIpc) is 2.49. The van der Waals surface area contributed by atoms with Gasteiger partial charge < -0.3 is 14.7 Å². The summed E-state index contributed by atoms with van der Waals surface area (Å²) in [6.07, 6.45) is 2.92. The first-order chi connectivity index (χ1) is 9.99. The van der Waals surface area contributed by atoms with Gasteiger partial charge in [0.2, 0.25) is 0 Å². The molecule has 0 saturated heterocycles. The third-order valence-corrected chi connectivity index (χ3v) is 2.71. The van der Waals surface area contributed by atoms with E-state index in [1.807, 2.05) is 13.8 Å². The van der Waals surface area contributed by atoms with E-state index >= 15 is 0 Å². The van der Waals surface area contributed by atoms with E-state index in [0.717, 1.165) is 0 Å². The van der Waals surface area contributed by atoms with Crippen LogP contribution in [0.3, 0.4) is 0 Å². The highest BCUT2D eigenvalue weighted by molar-refractivity contribution is 5.96. The van der Waals surface area contributed by atoms with E-state index in [4.69, 9.17) is 5.11 Å². The van der Waals surface area contributed by atoms with Crippen LogP contribution in [0.1, 0.15) is 29.8 Å². The summed E-state index contributed by atoms with van der Waals surface area (Å²) in [6.45, 7) is 3.23. The number of ether oxygens (including phenoxy) is 1. The number of pyridine rings is 1. The van der Waals surface area contributed by atoms with Crippen LogP contribution in [0, 0.1) is 11.8 Å². The smallest absolute Gasteiger partial charge is 0.325 e. The first-order valence-corrected chi connectivity index (χ1v) is 6.42. The second-order valence-electron chi connectivity index (χ2n) is 4.53. The normalized spacial score (nSPS) is 9.76. The van der Waals surface area contributed by atoms with Crippen LogP contribution in [0.25, 0.3) is 0 Å². The molecule has 6 heteroatoms. The lowest BCUT2D eigenvalue weighted by atomic mass is 10.1. The predicted octanol–water partition coefficient (Wildman–Crippen LogP) is 0.449. The summed E-state index contributed by atoms with van der Waals surface area (Å²) in [5.74, 6) is 4.37. The lowest BCUT2D eigenvalue weighted by molar-refractivity contribution is -0.141. The van der Waals surface area contributed by atoms with Crippen molar-refractivity contribution >= 4 is 11.9 Å². The molecule has 112 valence electrons. The minimum atomic E-state index is -0.485. The summed E-state index contributed by atoms with van der Waals surface area (Å²) in [4.78, 5) is 29.2. The first kappa shape index (κ1) is 16.7. The highest BCUT2D eigenvalue weighted by Gasteiger charge is 2.22. The molecule has 0 unspecified atom stereocenters. The number of methoxy groups -OCH3 is 1. The number of carbonyl (C=O) groups is 2. The van der Waals surface area contributed by atoms with Gasteiger partial charge in [-0.3, -0.25) is 14.6 Å². The molecule has 0 aliphatic carbocycles. The van der Waals surface area contributed by atoms with Gasteiger partial charge in [-0.1, -0.05) is 11.8 Å². The fourth-order valence-electron chi connectivity index (χ4n) is 1.63. The number of aromatic nitrogens is 1. The van der Waals surface area contributed by atoms with Crippen molar-refractivity contribution in [3.05, 3.63) is 29.6 Å². The van der Waals surface area contributed by atoms with Crippen molar-refractivity contribution in [1.29, 1.82) is 0 Å². The maximum atomic E-state index is 12.4. The molecule has 1 rings (SSSR count). The number of hydrogen-bond acceptors (Lipinski definition) is 5. The number of esters is 1. The highest BCUT2D eigenvalue weighted by atomic mass is 16.5. The minimum absolute atomic E-state index is 0.125. The zero-order chi connectivity index (χ0) is 15.8. The fourth-order valence-corrected chi connectivity index (χ4v) is 1.63. The first-order valence-electron chi connectivity index (χ1n) is 6.42. The van der Waals surface area contributed by atoms with Crippen molar-refractivity contribution in [3.63, 3.8) is 0 Å². The molecule has 1 aromatic rings. The van der Waals surface area contributed by atoms with E-state index in [0.29, 0.717) is 11.1 Å². The summed E-state index contributed by atoms with van der Waals surface area (Å²) in [7, 11) is 1.28. The second kappa shape index (κ2) is 8.02. The number of aliphatic hydroxyl groups excluding tert-OH is 1. The molecule has 0 spiro atoms. The van der Waals surface area contributed by atoms with Gasteiger partial charge in [0.25, 0.3) is 5.91 Å². The molecule has 0 bridgehead atoms. The van der Waals surface area contributed by atoms with Crippen LogP contribution in [0.2, 0.25) is 0 Å². The van der Waals surface area contributed by atoms with E-state index in [1.165, 1.54) is 24.4 Å². The molecule has 1 aromatic heterocycles. The van der Waals surface area contributed by atoms with Gasteiger partial charge in [-0.25, -0.2) is 0 Å². The van der Waals surface area contributed by atoms with Gasteiger partial charge in [0.15, 0.2) is 0 Å². The van der Waals surface area contributed by atoms with Gasteiger partial charge >= 0.3 is 5.97 Å². The summed E-state index contributed by atoms with van der Waals surface area (Å²) in [5, 5.41) is 8.67. The van der Waals surface area contributed by atoms with Crippen molar-refractivity contribution in [3.8, 4) is 11.8 Å². The van der Waals surface area contributed by atoms with E-state index in [9.17, 15) is 9.59 Å². The van der Waals surface area contributed by atoms with E-state index in [2.05, 4.69) is 21.6 Å². The molecule has 1 amide bonds. The number of carbonyl (C=O) groups excluding carboxylic acids is 2. The SMILES string of the molecule is COC(=O)CN(C(=O)c1cncc(C#CCO)c1)C(C)C. The van der Waals surface area contributed by atoms with Gasteiger partial charge in [0, 0.05) is 24.0 Å². The number of nitrogens with zero attached hydrogens (tertiary/aromatic N) is 2. The third kappa shape index (κ3) is 4.89. The van der Waals surface area contributed by atoms with Crippen LogP contribution in [0.5, 0.6) is 0 Å². The molecule has 6 nitrogen and oxygen atoms in total. The Morgan fingerprint density at radius 2 is 2.14 bits per heavy atom. The van der Waals surface area contributed by atoms with E-state index in [1.54, 1.807) is 6.07 Å². The molecule has 0 atom stereocenters. The summed E-state index contributed by atoms with van der Waals surface area (Å²) in [5.41, 5.74) is 0.856. The zero-order valence-corrected chi connectivity index (χ0v) is 12.3. The Balaban J connectivity index is 3.01. The molecule has 1 heterocycles. The Hall–Kier alpha value is -2.39. The number of rotatable bonds is 4. The molecular formula is C15H18N2O4. The lowest BCUT2D eigenvalue weighted by Crippen LogP contribution is -2.41. The lowest BCUT2D eigenvalue weighted by Gasteiger charge is -2.25. The quantitative estimate of drug-likeness (QED) is 0.643. The summed E-state index contributed by atoms with van der Waals surface area (Å²) < 4.78 is 4.60. The van der Waals surface area contributed by atoms with Crippen molar-refractivity contribution in [1.82, 2.24) is 9.88 Å². The van der Waals surface area contributed by atoms with Crippen LogP contribution in [-0.2, 0) is 9.53 Å². The standard InChI is InChI=1S/C15H18N2O4/c1-11(2)17(10-14(19)21-3)15(20)13-7-12(5-4-6-18)8-16-9-13/h7-9,11,18H,6,10H2,1-3H3. The molecular weight excluding hydrogens is 272 g/mol. The molecule has 0 saturated carbocycles. The molecule has 0 aliphatic heterocycles. The molecule has 0 aliphatic rings. The van der Waals surface area contributed by atoms with Gasteiger partial charge in [0.05, 0.1) is 12.7 Å². The van der Waals surface area contributed by atoms with Gasteiger partial charge in [-0.15, -0.1) is 0 Å². The molecule has 0 radical (unpaired) electrons. The average molecular weight is 290 g/mol. The topological polar surface area (TPSA) is 79.7 Å². The highest BCUT2D eigenvalue weighted by Crippen LogP contribution is 2.09. The largest absolute Gasteiger partial charge is 0.468 e. The maximum absolute atomic E-state index is 12.4. The Bertz CT molecular complexity index is 573. The van der Waals surface area contributed by atoms with Crippen LogP contribution in [-0.4, -0.2) is 53.2 Å². The van der Waals surface area contributed by atoms with Crippen LogP contribution in [0.15, 0.2) is 18.5 Å². The Morgan fingerprint density at radius 3 is 2.71 bits per heavy atom. The second-order valence-corrected chi connectivity index (χ2v) is 4.53. The Kier molecular flexibility index (Phi) is 6.37. The summed E-state index contributed by atoms with van der Waals surface area (Å²) >= 11 is 0. The minimum Gasteiger partial charge on any atom is -0.468 e. The fraction of sp³-hybridized carbons (Fsp3) is 0.400. The van der Waals surface area contributed by atoms with Crippen LogP contribution >= 0.6 is 0 Å². The zero-order valence-electron chi connectivity index (χ0n) is 12.3. The number of amides is 1. The predicted molar refractivity (Wildman–Crippen MR) is 76.4 cm³/mol. The third-order valence-electron chi connectivity index (χ3n) is 2.71. The number of hydrogen-bond donors (Lipinski definition) is 1. The monoisotopic (exact) mass is 290 g/mol. The molecule has 1 N–H and O–H groups in total. The van der Waals surface area contributed by atoms with Crippen molar-refractivity contribution in [2.75, 3.05) is 20.3 Å². The van der Waals surface area contributed by atoms with Gasteiger partial charge in [0.1, 0.15) is 13.2 Å². The van der Waals surface area contributed by atoms with E-state index < -0.39 is 5.97 Å². The Labute approximate surface area is 123 Å². The number of aliphatic hydroxyl groups is 1. The maximum Gasteiger partial charge on any atom is 0.325 e. The van der Waals surface area contributed by atoms with Crippen molar-refractivity contribution in [2.45, 2.75) is 19.9 Å². The molecule has 21 heavy (non-hydrogen) atoms. The van der Waals surface area contributed by atoms with Gasteiger partial charge in [-0.05, 0) is 19.9 Å².